The van der Waals surface area contributed by atoms with Gasteiger partial charge in [-0.15, -0.1) is 6.58 Å². The molecule has 2 amide bonds. The number of hydrogen-bond acceptors (Lipinski definition) is 5. The first-order valence-electron chi connectivity index (χ1n) is 11.1. The van der Waals surface area contributed by atoms with E-state index in [0.717, 1.165) is 38.5 Å². The highest BCUT2D eigenvalue weighted by molar-refractivity contribution is 9.10. The summed E-state index contributed by atoms with van der Waals surface area (Å²) in [6, 6.07) is 18.7. The van der Waals surface area contributed by atoms with Crippen molar-refractivity contribution in [3.63, 3.8) is 0 Å². The Morgan fingerprint density at radius 2 is 1.86 bits per heavy atom. The SMILES string of the molecule is C=CCc1cc(/C=C2\SC(=O)N(Cc3cccc(Cl)c3)C2=O)cc(OC)c1OCc1ccc(Br)cc1. The Hall–Kier alpha value is -3.00. The van der Waals surface area contributed by atoms with Gasteiger partial charge in [0, 0.05) is 15.1 Å². The lowest BCUT2D eigenvalue weighted by molar-refractivity contribution is -0.123. The lowest BCUT2D eigenvalue weighted by Gasteiger charge is -2.16. The Balaban J connectivity index is 1.59. The quantitative estimate of drug-likeness (QED) is 0.191. The number of nitrogens with zero attached hydrogens (tertiary/aromatic N) is 1. The molecule has 1 heterocycles. The zero-order chi connectivity index (χ0) is 25.7. The summed E-state index contributed by atoms with van der Waals surface area (Å²) < 4.78 is 12.8. The molecule has 0 N–H and O–H groups in total. The largest absolute Gasteiger partial charge is 0.493 e. The fourth-order valence-corrected chi connectivity index (χ4v) is 5.05. The van der Waals surface area contributed by atoms with Crippen molar-refractivity contribution in [1.82, 2.24) is 4.90 Å². The van der Waals surface area contributed by atoms with Crippen molar-refractivity contribution >= 4 is 56.5 Å². The van der Waals surface area contributed by atoms with Crippen molar-refractivity contribution in [1.29, 1.82) is 0 Å². The molecule has 1 fully saturated rings. The summed E-state index contributed by atoms with van der Waals surface area (Å²) in [4.78, 5) is 27.2. The molecule has 0 aliphatic carbocycles. The average Bonchev–Trinajstić information content (AvgIpc) is 3.11. The van der Waals surface area contributed by atoms with Gasteiger partial charge in [0.05, 0.1) is 18.6 Å². The number of carbonyl (C=O) groups excluding carboxylic acids is 2. The summed E-state index contributed by atoms with van der Waals surface area (Å²) in [5.74, 6) is 0.812. The molecule has 36 heavy (non-hydrogen) atoms. The van der Waals surface area contributed by atoms with Gasteiger partial charge < -0.3 is 9.47 Å². The summed E-state index contributed by atoms with van der Waals surface area (Å²) in [6.07, 6.45) is 4.03. The van der Waals surface area contributed by atoms with Crippen LogP contribution in [0.2, 0.25) is 5.02 Å². The van der Waals surface area contributed by atoms with Crippen molar-refractivity contribution in [3.05, 3.63) is 110 Å². The second-order valence-electron chi connectivity index (χ2n) is 8.02. The van der Waals surface area contributed by atoms with Gasteiger partial charge in [-0.05, 0) is 77.3 Å². The van der Waals surface area contributed by atoms with Crippen LogP contribution in [0.15, 0.2) is 82.7 Å². The molecule has 4 rings (SSSR count). The molecule has 0 spiro atoms. The second kappa shape index (κ2) is 11.8. The molecule has 1 aliphatic rings. The van der Waals surface area contributed by atoms with Gasteiger partial charge in [0.25, 0.3) is 11.1 Å². The van der Waals surface area contributed by atoms with E-state index in [1.54, 1.807) is 43.5 Å². The van der Waals surface area contributed by atoms with E-state index in [1.165, 1.54) is 4.90 Å². The van der Waals surface area contributed by atoms with Gasteiger partial charge >= 0.3 is 0 Å². The fourth-order valence-electron chi connectivity index (χ4n) is 3.73. The Kier molecular flexibility index (Phi) is 8.56. The van der Waals surface area contributed by atoms with Crippen LogP contribution in [0, 0.1) is 0 Å². The summed E-state index contributed by atoms with van der Waals surface area (Å²) in [5, 5.41) is 0.234. The van der Waals surface area contributed by atoms with E-state index < -0.39 is 0 Å². The number of halogens is 2. The van der Waals surface area contributed by atoms with Crippen molar-refractivity contribution < 1.29 is 19.1 Å². The predicted molar refractivity (Wildman–Crippen MR) is 148 cm³/mol. The first-order chi connectivity index (χ1) is 17.4. The Morgan fingerprint density at radius 1 is 1.08 bits per heavy atom. The van der Waals surface area contributed by atoms with Crippen molar-refractivity contribution in [2.75, 3.05) is 7.11 Å². The van der Waals surface area contributed by atoms with Crippen LogP contribution in [0.5, 0.6) is 11.5 Å². The molecule has 8 heteroatoms. The van der Waals surface area contributed by atoms with E-state index in [0.29, 0.717) is 34.5 Å². The van der Waals surface area contributed by atoms with Crippen LogP contribution >= 0.6 is 39.3 Å². The molecular formula is C28H23BrClNO4S. The van der Waals surface area contributed by atoms with Gasteiger partial charge in [0.1, 0.15) is 6.61 Å². The molecule has 184 valence electrons. The maximum Gasteiger partial charge on any atom is 0.293 e. The van der Waals surface area contributed by atoms with E-state index >= 15 is 0 Å². The number of methoxy groups -OCH3 is 1. The van der Waals surface area contributed by atoms with Crippen LogP contribution in [-0.4, -0.2) is 23.2 Å². The molecule has 0 bridgehead atoms. The van der Waals surface area contributed by atoms with Crippen LogP contribution < -0.4 is 9.47 Å². The third-order valence-electron chi connectivity index (χ3n) is 5.44. The maximum absolute atomic E-state index is 13.0. The Bertz CT molecular complexity index is 1340. The number of ether oxygens (including phenoxy) is 2. The molecule has 3 aromatic rings. The number of rotatable bonds is 9. The van der Waals surface area contributed by atoms with E-state index in [9.17, 15) is 9.59 Å². The Labute approximate surface area is 227 Å². The zero-order valence-electron chi connectivity index (χ0n) is 19.5. The minimum absolute atomic E-state index is 0.163. The third kappa shape index (κ3) is 6.22. The fraction of sp³-hybridized carbons (Fsp3) is 0.143. The van der Waals surface area contributed by atoms with Gasteiger partial charge in [-0.1, -0.05) is 57.9 Å². The number of allylic oxidation sites excluding steroid dienone is 1. The highest BCUT2D eigenvalue weighted by Gasteiger charge is 2.35. The van der Waals surface area contributed by atoms with Crippen LogP contribution in [-0.2, 0) is 24.4 Å². The Morgan fingerprint density at radius 3 is 2.56 bits per heavy atom. The standard InChI is InChI=1S/C28H23BrClNO4S/c1-3-5-21-12-20(14-24(34-2)26(21)35-17-18-8-10-22(29)11-9-18)15-25-27(32)31(28(33)36-25)16-19-6-4-7-23(30)13-19/h3-4,6-15H,1,5,16-17H2,2H3/b25-15-. The molecule has 0 saturated carbocycles. The summed E-state index contributed by atoms with van der Waals surface area (Å²) >= 11 is 10.4. The molecule has 0 radical (unpaired) electrons. The molecular weight excluding hydrogens is 562 g/mol. The number of amides is 2. The van der Waals surface area contributed by atoms with Gasteiger partial charge in [0.2, 0.25) is 0 Å². The van der Waals surface area contributed by atoms with E-state index in [2.05, 4.69) is 22.5 Å². The van der Waals surface area contributed by atoms with Crippen molar-refractivity contribution in [3.8, 4) is 11.5 Å². The smallest absolute Gasteiger partial charge is 0.293 e. The molecule has 0 atom stereocenters. The minimum atomic E-state index is -0.343. The lowest BCUT2D eigenvalue weighted by atomic mass is 10.0. The summed E-state index contributed by atoms with van der Waals surface area (Å²) in [7, 11) is 1.57. The monoisotopic (exact) mass is 583 g/mol. The van der Waals surface area contributed by atoms with E-state index in [-0.39, 0.29) is 17.7 Å². The molecule has 5 nitrogen and oxygen atoms in total. The minimum Gasteiger partial charge on any atom is -0.493 e. The summed E-state index contributed by atoms with van der Waals surface area (Å²) in [5.41, 5.74) is 3.40. The van der Waals surface area contributed by atoms with Gasteiger partial charge in [0.15, 0.2) is 11.5 Å². The summed E-state index contributed by atoms with van der Waals surface area (Å²) in [6.45, 7) is 4.39. The van der Waals surface area contributed by atoms with Gasteiger partial charge in [-0.3, -0.25) is 14.5 Å². The number of imide groups is 1. The zero-order valence-corrected chi connectivity index (χ0v) is 22.7. The lowest BCUT2D eigenvalue weighted by Crippen LogP contribution is -2.27. The molecule has 0 aromatic heterocycles. The highest BCUT2D eigenvalue weighted by atomic mass is 79.9. The number of hydrogen-bond donors (Lipinski definition) is 0. The highest BCUT2D eigenvalue weighted by Crippen LogP contribution is 2.38. The number of benzene rings is 3. The van der Waals surface area contributed by atoms with Gasteiger partial charge in [-0.25, -0.2) is 0 Å². The number of thioether (sulfide) groups is 1. The van der Waals surface area contributed by atoms with Crippen molar-refractivity contribution in [2.45, 2.75) is 19.6 Å². The van der Waals surface area contributed by atoms with Crippen LogP contribution in [0.1, 0.15) is 22.3 Å². The maximum atomic E-state index is 13.0. The number of carbonyl (C=O) groups is 2. The topological polar surface area (TPSA) is 55.8 Å². The molecule has 3 aromatic carbocycles. The van der Waals surface area contributed by atoms with Crippen LogP contribution in [0.4, 0.5) is 4.79 Å². The first-order valence-corrected chi connectivity index (χ1v) is 13.1. The third-order valence-corrected chi connectivity index (χ3v) is 7.11. The van der Waals surface area contributed by atoms with Crippen LogP contribution in [0.3, 0.4) is 0 Å². The molecule has 1 aliphatic heterocycles. The molecule has 0 unspecified atom stereocenters. The second-order valence-corrected chi connectivity index (χ2v) is 10.4. The van der Waals surface area contributed by atoms with Gasteiger partial charge in [-0.2, -0.15) is 0 Å². The molecule has 1 saturated heterocycles. The first kappa shape index (κ1) is 26.1. The normalized spacial score (nSPS) is 14.4. The predicted octanol–water partition coefficient (Wildman–Crippen LogP) is 7.66. The van der Waals surface area contributed by atoms with E-state index in [4.69, 9.17) is 21.1 Å². The van der Waals surface area contributed by atoms with E-state index in [1.807, 2.05) is 36.4 Å². The van der Waals surface area contributed by atoms with Crippen molar-refractivity contribution in [2.24, 2.45) is 0 Å². The average molecular weight is 585 g/mol. The van der Waals surface area contributed by atoms with Crippen LogP contribution in [0.25, 0.3) is 6.08 Å².